The fraction of sp³-hybridized carbons (Fsp3) is 0. The molecule has 0 aliphatic carbocycles. The van der Waals surface area contributed by atoms with Crippen LogP contribution >= 0.6 is 0 Å². The number of azide groups is 2. The average Bonchev–Trinajstić information content (AvgIpc) is 3.43. The molecule has 4 aromatic carbocycles. The van der Waals surface area contributed by atoms with Crippen molar-refractivity contribution in [2.24, 2.45) is 10.2 Å². The molecule has 0 radical (unpaired) electrons. The summed E-state index contributed by atoms with van der Waals surface area (Å²) < 4.78 is 5.95. The lowest BCUT2D eigenvalue weighted by Gasteiger charge is -2.12. The van der Waals surface area contributed by atoms with Crippen molar-refractivity contribution in [3.8, 4) is 33.8 Å². The smallest absolute Gasteiger partial charge is 0.259 e. The maximum atomic E-state index is 12.5. The Balaban J connectivity index is 1.31. The lowest BCUT2D eigenvalue weighted by Crippen LogP contribution is -2.20. The highest BCUT2D eigenvalue weighted by Gasteiger charge is 2.32. The highest BCUT2D eigenvalue weighted by atomic mass is 16.5. The highest BCUT2D eigenvalue weighted by Crippen LogP contribution is 2.40. The summed E-state index contributed by atoms with van der Waals surface area (Å²) >= 11 is 0. The van der Waals surface area contributed by atoms with Crippen molar-refractivity contribution in [3.63, 3.8) is 0 Å². The molecular weight excluding hydrogens is 528 g/mol. The fourth-order valence-corrected chi connectivity index (χ4v) is 4.86. The monoisotopic (exact) mass is 542 g/mol. The number of carbonyl (C=O) groups is 4. The van der Waals surface area contributed by atoms with E-state index in [1.165, 1.54) is 24.3 Å². The van der Waals surface area contributed by atoms with Gasteiger partial charge in [0.15, 0.2) is 0 Å². The third-order valence-electron chi connectivity index (χ3n) is 6.59. The van der Waals surface area contributed by atoms with Crippen LogP contribution in [0.25, 0.3) is 43.1 Å². The first-order chi connectivity index (χ1) is 19.9. The molecular formula is C28H14N8O5. The standard InChI is InChI=1S/C28H14N8O5/c29-35-33-19-11-9-17-23(27(39)31-25(17)37)21(19)13-1-5-15(6-2-13)41-16-7-3-14(4-8-16)22-20(34-36-30)12-10-18-24(22)28(40)32-26(18)38/h1-12H,(H,31,37,39)(H,32,38,40). The Kier molecular flexibility index (Phi) is 5.90. The molecule has 0 aromatic heterocycles. The van der Waals surface area contributed by atoms with E-state index in [0.29, 0.717) is 33.8 Å². The van der Waals surface area contributed by atoms with Crippen molar-refractivity contribution in [2.45, 2.75) is 0 Å². The van der Waals surface area contributed by atoms with Crippen LogP contribution in [0.2, 0.25) is 0 Å². The van der Waals surface area contributed by atoms with E-state index in [2.05, 4.69) is 30.7 Å². The quantitative estimate of drug-likeness (QED) is 0.122. The first-order valence-corrected chi connectivity index (χ1v) is 11.9. The molecule has 13 heteroatoms. The topological polar surface area (TPSA) is 199 Å². The number of rotatable bonds is 6. The fourth-order valence-electron chi connectivity index (χ4n) is 4.86. The van der Waals surface area contributed by atoms with E-state index in [9.17, 15) is 19.2 Å². The van der Waals surface area contributed by atoms with Crippen LogP contribution in [0.5, 0.6) is 11.5 Å². The molecule has 2 N–H and O–H groups in total. The zero-order valence-electron chi connectivity index (χ0n) is 20.7. The molecule has 4 aromatic rings. The van der Waals surface area contributed by atoms with E-state index in [-0.39, 0.29) is 33.6 Å². The molecule has 0 bridgehead atoms. The van der Waals surface area contributed by atoms with Gasteiger partial charge in [0.2, 0.25) is 0 Å². The first kappa shape index (κ1) is 24.9. The molecule has 0 saturated heterocycles. The van der Waals surface area contributed by atoms with E-state index in [1.807, 2.05) is 0 Å². The number of hydrogen-bond acceptors (Lipinski definition) is 7. The molecule has 41 heavy (non-hydrogen) atoms. The van der Waals surface area contributed by atoms with E-state index >= 15 is 0 Å². The summed E-state index contributed by atoms with van der Waals surface area (Å²) in [5, 5.41) is 11.9. The highest BCUT2D eigenvalue weighted by molar-refractivity contribution is 6.26. The molecule has 2 heterocycles. The Hall–Kier alpha value is -6.42. The molecule has 196 valence electrons. The minimum Gasteiger partial charge on any atom is -0.457 e. The van der Waals surface area contributed by atoms with Crippen molar-refractivity contribution in [2.75, 3.05) is 0 Å². The van der Waals surface area contributed by atoms with Crippen LogP contribution in [-0.2, 0) is 0 Å². The largest absolute Gasteiger partial charge is 0.457 e. The van der Waals surface area contributed by atoms with E-state index in [4.69, 9.17) is 15.8 Å². The first-order valence-electron chi connectivity index (χ1n) is 11.9. The molecule has 0 fully saturated rings. The number of fused-ring (bicyclic) bond motifs is 2. The Labute approximate surface area is 229 Å². The Morgan fingerprint density at radius 1 is 0.512 bits per heavy atom. The SMILES string of the molecule is [N-]=[N+]=Nc1ccc2c(c1-c1ccc(Oc3ccc(-c4c(N=[N+]=[N-])ccc5c4C(=O)NC5=O)cc3)cc1)C(=O)NC2=O. The van der Waals surface area contributed by atoms with Crippen LogP contribution in [0.15, 0.2) is 83.0 Å². The van der Waals surface area contributed by atoms with E-state index in [0.717, 1.165) is 0 Å². The molecule has 13 nitrogen and oxygen atoms in total. The molecule has 0 saturated carbocycles. The average molecular weight is 542 g/mol. The number of hydrogen-bond donors (Lipinski definition) is 2. The lowest BCUT2D eigenvalue weighted by molar-refractivity contribution is 0.0863. The Bertz CT molecular complexity index is 1800. The number of nitrogens with one attached hydrogen (secondary N) is 2. The van der Waals surface area contributed by atoms with Gasteiger partial charge in [0.1, 0.15) is 11.5 Å². The number of imide groups is 2. The van der Waals surface area contributed by atoms with Crippen molar-refractivity contribution in [1.29, 1.82) is 0 Å². The van der Waals surface area contributed by atoms with Crippen LogP contribution in [0.3, 0.4) is 0 Å². The van der Waals surface area contributed by atoms with Crippen molar-refractivity contribution >= 4 is 35.0 Å². The minimum absolute atomic E-state index is 0.132. The van der Waals surface area contributed by atoms with Gasteiger partial charge in [-0.3, -0.25) is 29.8 Å². The van der Waals surface area contributed by atoms with Gasteiger partial charge < -0.3 is 4.74 Å². The van der Waals surface area contributed by atoms with Gasteiger partial charge in [-0.2, -0.15) is 0 Å². The van der Waals surface area contributed by atoms with Crippen molar-refractivity contribution < 1.29 is 23.9 Å². The molecule has 2 aliphatic rings. The van der Waals surface area contributed by atoms with Gasteiger partial charge in [-0.25, -0.2) is 0 Å². The molecule has 0 unspecified atom stereocenters. The van der Waals surface area contributed by atoms with Crippen LogP contribution < -0.4 is 15.4 Å². The second-order valence-corrected chi connectivity index (χ2v) is 8.86. The second kappa shape index (κ2) is 9.71. The summed E-state index contributed by atoms with van der Waals surface area (Å²) in [5.74, 6) is -1.32. The number of ether oxygens (including phenoxy) is 1. The third kappa shape index (κ3) is 4.17. The van der Waals surface area contributed by atoms with Crippen LogP contribution in [0.1, 0.15) is 41.4 Å². The summed E-state index contributed by atoms with van der Waals surface area (Å²) in [6, 6.07) is 19.1. The van der Waals surface area contributed by atoms with Crippen LogP contribution in [-0.4, -0.2) is 23.6 Å². The molecule has 4 amide bonds. The summed E-state index contributed by atoms with van der Waals surface area (Å²) in [4.78, 5) is 54.8. The number of nitrogens with zero attached hydrogens (tertiary/aromatic N) is 6. The number of carbonyl (C=O) groups excluding carboxylic acids is 4. The van der Waals surface area contributed by atoms with Crippen LogP contribution in [0.4, 0.5) is 11.4 Å². The van der Waals surface area contributed by atoms with Crippen molar-refractivity contribution in [3.05, 3.63) is 116 Å². The van der Waals surface area contributed by atoms with Gasteiger partial charge in [0.25, 0.3) is 23.6 Å². The lowest BCUT2D eigenvalue weighted by atomic mass is 9.94. The van der Waals surface area contributed by atoms with Gasteiger partial charge in [-0.15, -0.1) is 0 Å². The minimum atomic E-state index is -0.579. The molecule has 0 atom stereocenters. The summed E-state index contributed by atoms with van der Waals surface area (Å²) in [6.45, 7) is 0. The van der Waals surface area contributed by atoms with Crippen molar-refractivity contribution in [1.82, 2.24) is 10.6 Å². The van der Waals surface area contributed by atoms with E-state index in [1.54, 1.807) is 48.5 Å². The van der Waals surface area contributed by atoms with Crippen LogP contribution in [0, 0.1) is 0 Å². The second-order valence-electron chi connectivity index (χ2n) is 8.86. The van der Waals surface area contributed by atoms with E-state index < -0.39 is 23.6 Å². The van der Waals surface area contributed by atoms with Gasteiger partial charge in [0.05, 0.1) is 22.3 Å². The normalized spacial score (nSPS) is 13.0. The summed E-state index contributed by atoms with van der Waals surface area (Å²) in [6.07, 6.45) is 0. The zero-order chi connectivity index (χ0) is 28.7. The predicted octanol–water partition coefficient (Wildman–Crippen LogP) is 6.46. The number of benzene rings is 4. The third-order valence-corrected chi connectivity index (χ3v) is 6.59. The maximum absolute atomic E-state index is 12.5. The Morgan fingerprint density at radius 2 is 0.902 bits per heavy atom. The van der Waals surface area contributed by atoms with Gasteiger partial charge in [0, 0.05) is 32.3 Å². The molecule has 6 rings (SSSR count). The van der Waals surface area contributed by atoms with Gasteiger partial charge in [-0.05, 0) is 58.6 Å². The molecule has 0 spiro atoms. The van der Waals surface area contributed by atoms with Gasteiger partial charge in [-0.1, -0.05) is 46.6 Å². The Morgan fingerprint density at radius 3 is 1.27 bits per heavy atom. The molecule has 2 aliphatic heterocycles. The summed E-state index contributed by atoms with van der Waals surface area (Å²) in [7, 11) is 0. The van der Waals surface area contributed by atoms with Gasteiger partial charge >= 0.3 is 0 Å². The number of amides is 4. The summed E-state index contributed by atoms with van der Waals surface area (Å²) in [5.41, 5.74) is 20.7. The zero-order valence-corrected chi connectivity index (χ0v) is 20.7. The maximum Gasteiger partial charge on any atom is 0.259 e. The predicted molar refractivity (Wildman–Crippen MR) is 145 cm³/mol.